The molecule has 1 unspecified atom stereocenters. The maximum Gasteiger partial charge on any atom is 0.272 e. The van der Waals surface area contributed by atoms with E-state index in [1.165, 1.54) is 32.1 Å². The average Bonchev–Trinajstić information content (AvgIpc) is 3.51. The van der Waals surface area contributed by atoms with Crippen LogP contribution in [0.1, 0.15) is 32.5 Å². The summed E-state index contributed by atoms with van der Waals surface area (Å²) in [5.41, 5.74) is 2.12. The van der Waals surface area contributed by atoms with Crippen LogP contribution >= 0.6 is 11.8 Å². The molecular formula is C36H32N4O6S. The van der Waals surface area contributed by atoms with Crippen LogP contribution in [0.3, 0.4) is 0 Å². The molecule has 0 radical (unpaired) electrons. The van der Waals surface area contributed by atoms with E-state index < -0.39 is 17.1 Å². The number of carbonyl (C=O) groups excluding carboxylic acids is 3. The van der Waals surface area contributed by atoms with Crippen molar-refractivity contribution in [3.63, 3.8) is 0 Å². The van der Waals surface area contributed by atoms with Crippen LogP contribution in [-0.2, 0) is 9.59 Å². The lowest BCUT2D eigenvalue weighted by atomic mass is 10.1. The molecule has 0 aliphatic rings. The van der Waals surface area contributed by atoms with Gasteiger partial charge in [0.15, 0.2) is 17.3 Å². The van der Waals surface area contributed by atoms with E-state index in [1.54, 1.807) is 79.7 Å². The number of benzene rings is 4. The largest absolute Gasteiger partial charge is 0.493 e. The fourth-order valence-electron chi connectivity index (χ4n) is 4.62. The molecule has 238 valence electrons. The topological polar surface area (TPSA) is 132 Å². The Morgan fingerprint density at radius 3 is 2.23 bits per heavy atom. The van der Waals surface area contributed by atoms with Gasteiger partial charge in [0.2, 0.25) is 5.91 Å². The van der Waals surface area contributed by atoms with E-state index in [0.29, 0.717) is 39.9 Å². The van der Waals surface area contributed by atoms with Crippen molar-refractivity contribution in [1.29, 1.82) is 0 Å². The Hall–Kier alpha value is -5.81. The Kier molecular flexibility index (Phi) is 10.7. The molecule has 47 heavy (non-hydrogen) atoms. The zero-order valence-electron chi connectivity index (χ0n) is 25.9. The van der Waals surface area contributed by atoms with Crippen LogP contribution in [-0.4, -0.2) is 37.1 Å². The molecule has 0 saturated heterocycles. The smallest absolute Gasteiger partial charge is 0.272 e. The van der Waals surface area contributed by atoms with Gasteiger partial charge in [-0.3, -0.25) is 14.4 Å². The number of aromatic nitrogens is 1. The lowest BCUT2D eigenvalue weighted by Crippen LogP contribution is -2.30. The molecule has 3 N–H and O–H groups in total. The van der Waals surface area contributed by atoms with E-state index in [9.17, 15) is 14.4 Å². The van der Waals surface area contributed by atoms with Crippen LogP contribution < -0.4 is 25.4 Å². The van der Waals surface area contributed by atoms with Gasteiger partial charge in [-0.25, -0.2) is 0 Å². The number of amides is 3. The highest BCUT2D eigenvalue weighted by Gasteiger charge is 2.24. The molecule has 3 amide bonds. The van der Waals surface area contributed by atoms with Crippen LogP contribution in [0.5, 0.6) is 11.5 Å². The Bertz CT molecular complexity index is 1890. The molecule has 1 atom stereocenters. The SMILES string of the molecule is COc1cccc(/C=C(/NC(=O)c2ccccc2)C(=O)Nc2cccc(SC(C(=O)Nc3cc(C)on3)c3ccccc3)c2)c1OC. The number of para-hydroxylation sites is 1. The highest BCUT2D eigenvalue weighted by atomic mass is 32.2. The number of hydrogen-bond donors (Lipinski definition) is 3. The van der Waals surface area contributed by atoms with E-state index in [1.807, 2.05) is 36.4 Å². The van der Waals surface area contributed by atoms with Gasteiger partial charge in [0.25, 0.3) is 11.8 Å². The fourth-order valence-corrected chi connectivity index (χ4v) is 5.71. The molecule has 0 fully saturated rings. The molecule has 1 aromatic heterocycles. The zero-order valence-corrected chi connectivity index (χ0v) is 26.7. The number of ether oxygens (including phenoxy) is 2. The molecule has 4 aromatic carbocycles. The Balaban J connectivity index is 1.41. The molecule has 0 bridgehead atoms. The Morgan fingerprint density at radius 1 is 0.830 bits per heavy atom. The minimum Gasteiger partial charge on any atom is -0.493 e. The number of carbonyl (C=O) groups is 3. The van der Waals surface area contributed by atoms with Gasteiger partial charge in [-0.2, -0.15) is 0 Å². The molecule has 0 aliphatic carbocycles. The van der Waals surface area contributed by atoms with Crippen molar-refractivity contribution in [1.82, 2.24) is 10.5 Å². The van der Waals surface area contributed by atoms with Gasteiger partial charge in [0.05, 0.1) is 14.2 Å². The van der Waals surface area contributed by atoms with Crippen molar-refractivity contribution in [3.05, 3.63) is 137 Å². The highest BCUT2D eigenvalue weighted by molar-refractivity contribution is 8.00. The predicted molar refractivity (Wildman–Crippen MR) is 181 cm³/mol. The molecule has 0 aliphatic heterocycles. The van der Waals surface area contributed by atoms with Crippen LogP contribution in [0.15, 0.2) is 124 Å². The standard InChI is InChI=1S/C36H32N4O6S/c1-23-20-31(40-46-23)39-36(43)33(24-12-6-4-7-13-24)47-28-18-11-17-27(22-28)37-35(42)29(38-34(41)25-14-8-5-9-15-25)21-26-16-10-19-30(44-2)32(26)45-3/h4-22,33H,1-3H3,(H,37,42)(H,38,41)(H,39,40,43)/b29-21+. The van der Waals surface area contributed by atoms with Crippen molar-refractivity contribution in [2.75, 3.05) is 24.9 Å². The van der Waals surface area contributed by atoms with Gasteiger partial charge in [0.1, 0.15) is 16.7 Å². The predicted octanol–water partition coefficient (Wildman–Crippen LogP) is 6.88. The van der Waals surface area contributed by atoms with E-state index >= 15 is 0 Å². The number of aryl methyl sites for hydroxylation is 1. The molecule has 1 heterocycles. The number of hydrogen-bond acceptors (Lipinski definition) is 8. The average molecular weight is 649 g/mol. The van der Waals surface area contributed by atoms with Crippen molar-refractivity contribution in [2.24, 2.45) is 0 Å². The van der Waals surface area contributed by atoms with Crippen molar-refractivity contribution < 1.29 is 28.4 Å². The van der Waals surface area contributed by atoms with Gasteiger partial charge in [-0.15, -0.1) is 11.8 Å². The van der Waals surface area contributed by atoms with Crippen LogP contribution in [0, 0.1) is 6.92 Å². The van der Waals surface area contributed by atoms with Crippen molar-refractivity contribution in [2.45, 2.75) is 17.1 Å². The van der Waals surface area contributed by atoms with Crippen LogP contribution in [0.25, 0.3) is 6.08 Å². The normalized spacial score (nSPS) is 11.7. The third-order valence-electron chi connectivity index (χ3n) is 6.83. The van der Waals surface area contributed by atoms with Crippen molar-refractivity contribution in [3.8, 4) is 11.5 Å². The number of anilines is 2. The van der Waals surface area contributed by atoms with E-state index in [0.717, 1.165) is 10.5 Å². The monoisotopic (exact) mass is 648 g/mol. The summed E-state index contributed by atoms with van der Waals surface area (Å²) in [5, 5.41) is 11.7. The number of methoxy groups -OCH3 is 2. The first-order chi connectivity index (χ1) is 22.8. The fraction of sp³-hybridized carbons (Fsp3) is 0.111. The highest BCUT2D eigenvalue weighted by Crippen LogP contribution is 2.37. The maximum atomic E-state index is 13.8. The second-order valence-electron chi connectivity index (χ2n) is 10.2. The summed E-state index contributed by atoms with van der Waals surface area (Å²) in [5.74, 6) is 0.446. The quantitative estimate of drug-likeness (QED) is 0.0986. The zero-order chi connectivity index (χ0) is 33.2. The molecule has 11 heteroatoms. The van der Waals surface area contributed by atoms with E-state index in [2.05, 4.69) is 21.1 Å². The molecular weight excluding hydrogens is 616 g/mol. The maximum absolute atomic E-state index is 13.8. The molecule has 0 saturated carbocycles. The third-order valence-corrected chi connectivity index (χ3v) is 8.08. The summed E-state index contributed by atoms with van der Waals surface area (Å²) >= 11 is 1.31. The number of nitrogens with zero attached hydrogens (tertiary/aromatic N) is 1. The van der Waals surface area contributed by atoms with E-state index in [4.69, 9.17) is 14.0 Å². The first-order valence-electron chi connectivity index (χ1n) is 14.5. The molecule has 5 aromatic rings. The van der Waals surface area contributed by atoms with Crippen molar-refractivity contribution >= 4 is 47.1 Å². The third kappa shape index (κ3) is 8.47. The Labute approximate surface area is 276 Å². The van der Waals surface area contributed by atoms with Gasteiger partial charge in [0, 0.05) is 27.8 Å². The summed E-state index contributed by atoms with van der Waals surface area (Å²) < 4.78 is 16.1. The van der Waals surface area contributed by atoms with Gasteiger partial charge >= 0.3 is 0 Å². The van der Waals surface area contributed by atoms with Gasteiger partial charge in [-0.1, -0.05) is 71.9 Å². The first kappa shape index (κ1) is 32.6. The Morgan fingerprint density at radius 2 is 1.55 bits per heavy atom. The molecule has 0 spiro atoms. The molecule has 10 nitrogen and oxygen atoms in total. The minimum atomic E-state index is -0.639. The first-order valence-corrected chi connectivity index (χ1v) is 15.4. The summed E-state index contributed by atoms with van der Waals surface area (Å²) in [6.45, 7) is 1.74. The summed E-state index contributed by atoms with van der Waals surface area (Å²) in [7, 11) is 3.01. The summed E-state index contributed by atoms with van der Waals surface area (Å²) in [4.78, 5) is 41.0. The molecule has 5 rings (SSSR count). The summed E-state index contributed by atoms with van der Waals surface area (Å²) in [6, 6.07) is 31.9. The number of nitrogens with one attached hydrogen (secondary N) is 3. The number of thioether (sulfide) groups is 1. The second kappa shape index (κ2) is 15.5. The second-order valence-corrected chi connectivity index (χ2v) is 11.3. The van der Waals surface area contributed by atoms with Crippen LogP contribution in [0.2, 0.25) is 0 Å². The van der Waals surface area contributed by atoms with Gasteiger partial charge in [-0.05, 0) is 55.0 Å². The lowest BCUT2D eigenvalue weighted by Gasteiger charge is -2.17. The minimum absolute atomic E-state index is 0.0205. The van der Waals surface area contributed by atoms with Gasteiger partial charge < -0.3 is 29.9 Å². The lowest BCUT2D eigenvalue weighted by molar-refractivity contribution is -0.116. The van der Waals surface area contributed by atoms with E-state index in [-0.39, 0.29) is 11.6 Å². The van der Waals surface area contributed by atoms with Crippen LogP contribution in [0.4, 0.5) is 11.5 Å². The summed E-state index contributed by atoms with van der Waals surface area (Å²) in [6.07, 6.45) is 1.53. The number of rotatable bonds is 12.